The molecule has 8 nitrogen and oxygen atoms in total. The number of nitrogens with one attached hydrogen (secondary N) is 2. The van der Waals surface area contributed by atoms with Gasteiger partial charge < -0.3 is 10.2 Å². The fourth-order valence-electron chi connectivity index (χ4n) is 3.18. The zero-order chi connectivity index (χ0) is 22.9. The van der Waals surface area contributed by atoms with Gasteiger partial charge in [-0.1, -0.05) is 32.9 Å². The van der Waals surface area contributed by atoms with E-state index in [9.17, 15) is 19.8 Å². The molecule has 0 saturated heterocycles. The number of carbonyl (C=O) groups is 1. The van der Waals surface area contributed by atoms with E-state index in [1.807, 2.05) is 24.3 Å². The quantitative estimate of drug-likeness (QED) is 0.293. The van der Waals surface area contributed by atoms with Gasteiger partial charge in [0, 0.05) is 11.3 Å². The molecule has 3 rings (SSSR count). The first-order valence-electron chi connectivity index (χ1n) is 9.78. The number of aromatic nitrogens is 2. The second-order valence-electron chi connectivity index (χ2n) is 8.39. The molecule has 0 atom stereocenters. The Morgan fingerprint density at radius 1 is 1.06 bits per heavy atom. The summed E-state index contributed by atoms with van der Waals surface area (Å²) in [4.78, 5) is 25.2. The molecular formula is C23H26N4O4. The summed E-state index contributed by atoms with van der Waals surface area (Å²) in [5.41, 5.74) is 5.38. The molecule has 0 aliphatic heterocycles. The van der Waals surface area contributed by atoms with Crippen molar-refractivity contribution >= 4 is 11.6 Å². The average molecular weight is 422 g/mol. The Kier molecular flexibility index (Phi) is 5.75. The van der Waals surface area contributed by atoms with E-state index in [0.29, 0.717) is 22.7 Å². The van der Waals surface area contributed by atoms with Crippen LogP contribution in [0, 0.1) is 6.92 Å². The fraction of sp³-hybridized carbons (Fsp3) is 0.261. The van der Waals surface area contributed by atoms with E-state index >= 15 is 0 Å². The first kappa shape index (κ1) is 21.9. The number of benzene rings is 2. The summed E-state index contributed by atoms with van der Waals surface area (Å²) in [6, 6.07) is 11.4. The second-order valence-corrected chi connectivity index (χ2v) is 8.39. The van der Waals surface area contributed by atoms with Crippen molar-refractivity contribution in [3.8, 4) is 17.2 Å². The summed E-state index contributed by atoms with van der Waals surface area (Å²) >= 11 is 0. The van der Waals surface area contributed by atoms with Gasteiger partial charge in [-0.2, -0.15) is 5.10 Å². The fourth-order valence-corrected chi connectivity index (χ4v) is 3.18. The zero-order valence-electron chi connectivity index (χ0n) is 18.1. The Morgan fingerprint density at radius 3 is 2.29 bits per heavy atom. The molecule has 162 valence electrons. The molecule has 0 bridgehead atoms. The Balaban J connectivity index is 1.86. The minimum Gasteiger partial charge on any atom is -0.504 e. The Morgan fingerprint density at radius 2 is 1.71 bits per heavy atom. The van der Waals surface area contributed by atoms with Crippen LogP contribution in [0.15, 0.2) is 52.4 Å². The number of aromatic amines is 1. The summed E-state index contributed by atoms with van der Waals surface area (Å²) in [5.74, 6) is -1.31. The number of nitrogens with zero attached hydrogens (tertiary/aromatic N) is 2. The number of rotatable bonds is 4. The number of hydrogen-bond acceptors (Lipinski definition) is 5. The maximum Gasteiger partial charge on any atom is 0.280 e. The first-order chi connectivity index (χ1) is 14.5. The molecule has 0 fully saturated rings. The van der Waals surface area contributed by atoms with E-state index in [0.717, 1.165) is 11.6 Å². The minimum absolute atomic E-state index is 0.00997. The molecule has 1 aromatic heterocycles. The Bertz CT molecular complexity index is 1210. The predicted octanol–water partition coefficient (Wildman–Crippen LogP) is 3.34. The number of hydrogen-bond donors (Lipinski definition) is 4. The van der Waals surface area contributed by atoms with Crippen molar-refractivity contribution in [2.75, 3.05) is 0 Å². The van der Waals surface area contributed by atoms with Crippen molar-refractivity contribution in [2.24, 2.45) is 5.10 Å². The van der Waals surface area contributed by atoms with Gasteiger partial charge in [-0.25, -0.2) is 10.1 Å². The number of phenolic OH excluding ortho intramolecular Hbond substituents is 2. The molecule has 31 heavy (non-hydrogen) atoms. The molecule has 0 spiro atoms. The zero-order valence-corrected chi connectivity index (χ0v) is 18.1. The highest BCUT2D eigenvalue weighted by Gasteiger charge is 2.17. The average Bonchev–Trinajstić information content (AvgIpc) is 3.01. The molecule has 3 aromatic rings. The van der Waals surface area contributed by atoms with E-state index in [4.69, 9.17) is 0 Å². The number of aromatic hydroxyl groups is 2. The van der Waals surface area contributed by atoms with Crippen LogP contribution in [-0.2, 0) is 5.41 Å². The molecule has 0 saturated carbocycles. The van der Waals surface area contributed by atoms with Crippen LogP contribution in [0.25, 0.3) is 5.69 Å². The second kappa shape index (κ2) is 8.14. The van der Waals surface area contributed by atoms with E-state index in [2.05, 4.69) is 36.4 Å². The molecule has 1 heterocycles. The topological polar surface area (TPSA) is 120 Å². The van der Waals surface area contributed by atoms with Crippen LogP contribution in [0.1, 0.15) is 54.9 Å². The van der Waals surface area contributed by atoms with Crippen LogP contribution in [0.2, 0.25) is 0 Å². The monoisotopic (exact) mass is 422 g/mol. The number of H-pyrrole nitrogens is 1. The number of phenols is 2. The van der Waals surface area contributed by atoms with Crippen LogP contribution < -0.4 is 11.0 Å². The molecule has 8 heteroatoms. The molecule has 4 N–H and O–H groups in total. The van der Waals surface area contributed by atoms with Crippen LogP contribution in [0.4, 0.5) is 0 Å². The lowest BCUT2D eigenvalue weighted by Crippen LogP contribution is -2.23. The van der Waals surface area contributed by atoms with Crippen LogP contribution in [0.5, 0.6) is 11.5 Å². The van der Waals surface area contributed by atoms with Gasteiger partial charge in [-0.05, 0) is 55.2 Å². The smallest absolute Gasteiger partial charge is 0.280 e. The SMILES string of the molecule is CC(=NNC(=O)c1ccc(O)c(O)c1)c1c(C)[nH]n(-c2ccc(C(C)(C)C)cc2)c1=O. The minimum atomic E-state index is -0.582. The number of hydrazone groups is 1. The molecule has 2 aromatic carbocycles. The van der Waals surface area contributed by atoms with Gasteiger partial charge in [0.2, 0.25) is 0 Å². The molecule has 0 unspecified atom stereocenters. The van der Waals surface area contributed by atoms with Crippen molar-refractivity contribution in [1.82, 2.24) is 15.2 Å². The lowest BCUT2D eigenvalue weighted by molar-refractivity contribution is 0.0954. The highest BCUT2D eigenvalue weighted by Crippen LogP contribution is 2.25. The van der Waals surface area contributed by atoms with Gasteiger partial charge in [0.15, 0.2) is 11.5 Å². The summed E-state index contributed by atoms with van der Waals surface area (Å²) in [6.45, 7) is 9.75. The largest absolute Gasteiger partial charge is 0.504 e. The lowest BCUT2D eigenvalue weighted by Gasteiger charge is -2.19. The maximum atomic E-state index is 13.0. The summed E-state index contributed by atoms with van der Waals surface area (Å²) in [6.07, 6.45) is 0. The van der Waals surface area contributed by atoms with Crippen molar-refractivity contribution < 1.29 is 15.0 Å². The summed E-state index contributed by atoms with van der Waals surface area (Å²) in [5, 5.41) is 26.0. The van der Waals surface area contributed by atoms with Crippen LogP contribution >= 0.6 is 0 Å². The lowest BCUT2D eigenvalue weighted by atomic mass is 9.87. The third-order valence-corrected chi connectivity index (χ3v) is 4.99. The van der Waals surface area contributed by atoms with Crippen LogP contribution in [0.3, 0.4) is 0 Å². The first-order valence-corrected chi connectivity index (χ1v) is 9.78. The molecular weight excluding hydrogens is 396 g/mol. The van der Waals surface area contributed by atoms with Gasteiger partial charge in [0.05, 0.1) is 17.0 Å². The third kappa shape index (κ3) is 4.53. The van der Waals surface area contributed by atoms with E-state index in [1.165, 1.54) is 16.8 Å². The van der Waals surface area contributed by atoms with Crippen molar-refractivity contribution in [3.05, 3.63) is 75.2 Å². The third-order valence-electron chi connectivity index (χ3n) is 4.99. The predicted molar refractivity (Wildman–Crippen MR) is 119 cm³/mol. The Hall–Kier alpha value is -3.81. The summed E-state index contributed by atoms with van der Waals surface area (Å²) < 4.78 is 1.44. The van der Waals surface area contributed by atoms with E-state index < -0.39 is 11.7 Å². The van der Waals surface area contributed by atoms with Gasteiger partial charge >= 0.3 is 0 Å². The van der Waals surface area contributed by atoms with Crippen molar-refractivity contribution in [2.45, 2.75) is 40.0 Å². The normalized spacial score (nSPS) is 12.1. The molecule has 1 amide bonds. The summed E-state index contributed by atoms with van der Waals surface area (Å²) in [7, 11) is 0. The highest BCUT2D eigenvalue weighted by atomic mass is 16.3. The molecule has 0 radical (unpaired) electrons. The molecule has 0 aliphatic rings. The van der Waals surface area contributed by atoms with Crippen molar-refractivity contribution in [3.63, 3.8) is 0 Å². The van der Waals surface area contributed by atoms with Gasteiger partial charge in [0.25, 0.3) is 11.5 Å². The Labute approximate surface area is 179 Å². The van der Waals surface area contributed by atoms with Crippen molar-refractivity contribution in [1.29, 1.82) is 0 Å². The van der Waals surface area contributed by atoms with E-state index in [-0.39, 0.29) is 22.3 Å². The van der Waals surface area contributed by atoms with Gasteiger partial charge in [-0.3, -0.25) is 14.7 Å². The standard InChI is InChI=1S/C23H26N4O4/c1-13(24-25-21(30)15-6-11-18(28)19(29)12-15)20-14(2)26-27(22(20)31)17-9-7-16(8-10-17)23(3,4)5/h6-12,26,28-29H,1-5H3,(H,25,30). The molecule has 0 aliphatic carbocycles. The number of aryl methyl sites for hydroxylation is 1. The highest BCUT2D eigenvalue weighted by molar-refractivity contribution is 6.01. The van der Waals surface area contributed by atoms with Gasteiger partial charge in [-0.15, -0.1) is 0 Å². The van der Waals surface area contributed by atoms with Gasteiger partial charge in [0.1, 0.15) is 0 Å². The maximum absolute atomic E-state index is 13.0. The van der Waals surface area contributed by atoms with Crippen LogP contribution in [-0.4, -0.2) is 31.6 Å². The number of amides is 1. The van der Waals surface area contributed by atoms with E-state index in [1.54, 1.807) is 13.8 Å². The number of carbonyl (C=O) groups excluding carboxylic acids is 1.